The predicted molar refractivity (Wildman–Crippen MR) is 94.9 cm³/mol. The molecule has 1 fully saturated rings. The van der Waals surface area contributed by atoms with Crippen molar-refractivity contribution in [2.75, 3.05) is 13.1 Å². The van der Waals surface area contributed by atoms with E-state index in [1.54, 1.807) is 4.90 Å². The second-order valence-electron chi connectivity index (χ2n) is 6.12. The van der Waals surface area contributed by atoms with E-state index in [1.165, 1.54) is 0 Å². The van der Waals surface area contributed by atoms with E-state index in [9.17, 15) is 9.59 Å². The van der Waals surface area contributed by atoms with E-state index in [2.05, 4.69) is 5.32 Å². The summed E-state index contributed by atoms with van der Waals surface area (Å²) in [6, 6.07) is 17.6. The van der Waals surface area contributed by atoms with Gasteiger partial charge in [-0.3, -0.25) is 9.59 Å². The number of nitrogens with zero attached hydrogens (tertiary/aromatic N) is 1. The van der Waals surface area contributed by atoms with Crippen LogP contribution < -0.4 is 10.1 Å². The smallest absolute Gasteiger partial charge is 0.239 e. The van der Waals surface area contributed by atoms with Gasteiger partial charge in [0, 0.05) is 19.5 Å². The fourth-order valence-electron chi connectivity index (χ4n) is 2.79. The summed E-state index contributed by atoms with van der Waals surface area (Å²) in [5, 5.41) is 2.86. The second-order valence-corrected chi connectivity index (χ2v) is 6.12. The fraction of sp³-hybridized carbons (Fsp3) is 0.300. The van der Waals surface area contributed by atoms with Crippen molar-refractivity contribution < 1.29 is 14.3 Å². The molecule has 1 N–H and O–H groups in total. The maximum Gasteiger partial charge on any atom is 0.239 e. The van der Waals surface area contributed by atoms with E-state index < -0.39 is 0 Å². The molecule has 1 saturated heterocycles. The van der Waals surface area contributed by atoms with Crippen LogP contribution >= 0.6 is 0 Å². The molecule has 0 aromatic heterocycles. The molecule has 0 spiro atoms. The van der Waals surface area contributed by atoms with Crippen LogP contribution in [0.1, 0.15) is 24.0 Å². The SMILES string of the molecule is O=C(CN1CCCC1=O)NCc1cccc(OCc2ccccc2)c1. The molecule has 5 nitrogen and oxygen atoms in total. The fourth-order valence-corrected chi connectivity index (χ4v) is 2.79. The Kier molecular flexibility index (Phi) is 5.67. The van der Waals surface area contributed by atoms with Crippen molar-refractivity contribution in [3.8, 4) is 5.75 Å². The molecule has 1 aliphatic heterocycles. The molecule has 25 heavy (non-hydrogen) atoms. The largest absolute Gasteiger partial charge is 0.489 e. The minimum absolute atomic E-state index is 0.0615. The zero-order valence-electron chi connectivity index (χ0n) is 14.1. The maximum atomic E-state index is 12.0. The molecule has 1 heterocycles. The lowest BCUT2D eigenvalue weighted by Crippen LogP contribution is -2.37. The number of likely N-dealkylation sites (tertiary alicyclic amines) is 1. The number of rotatable bonds is 7. The molecule has 0 aliphatic carbocycles. The topological polar surface area (TPSA) is 58.6 Å². The Morgan fingerprint density at radius 1 is 1.08 bits per heavy atom. The third-order valence-corrected chi connectivity index (χ3v) is 4.14. The number of benzene rings is 2. The highest BCUT2D eigenvalue weighted by atomic mass is 16.5. The average Bonchev–Trinajstić information content (AvgIpc) is 3.04. The van der Waals surface area contributed by atoms with Gasteiger partial charge < -0.3 is 15.0 Å². The predicted octanol–water partition coefficient (Wildman–Crippen LogP) is 2.50. The summed E-state index contributed by atoms with van der Waals surface area (Å²) < 4.78 is 5.80. The quantitative estimate of drug-likeness (QED) is 0.844. The van der Waals surface area contributed by atoms with Crippen molar-refractivity contribution in [2.24, 2.45) is 0 Å². The van der Waals surface area contributed by atoms with Crippen LogP contribution in [0, 0.1) is 0 Å². The van der Waals surface area contributed by atoms with Gasteiger partial charge in [-0.15, -0.1) is 0 Å². The summed E-state index contributed by atoms with van der Waals surface area (Å²) in [5.41, 5.74) is 2.07. The second kappa shape index (κ2) is 8.33. The van der Waals surface area contributed by atoms with E-state index in [4.69, 9.17) is 4.74 Å². The normalized spacial score (nSPS) is 13.8. The van der Waals surface area contributed by atoms with E-state index in [1.807, 2.05) is 54.6 Å². The first-order chi connectivity index (χ1) is 12.2. The van der Waals surface area contributed by atoms with Crippen LogP contribution in [0.3, 0.4) is 0 Å². The molecule has 2 aromatic carbocycles. The molecule has 0 bridgehead atoms. The van der Waals surface area contributed by atoms with Crippen molar-refractivity contribution in [1.29, 1.82) is 0 Å². The summed E-state index contributed by atoms with van der Waals surface area (Å²) in [7, 11) is 0. The van der Waals surface area contributed by atoms with Crippen LogP contribution in [0.25, 0.3) is 0 Å². The van der Waals surface area contributed by atoms with Gasteiger partial charge in [0.1, 0.15) is 12.4 Å². The number of amides is 2. The Hall–Kier alpha value is -2.82. The molecule has 0 atom stereocenters. The number of nitrogens with one attached hydrogen (secondary N) is 1. The van der Waals surface area contributed by atoms with Crippen LogP contribution in [0.5, 0.6) is 5.75 Å². The molecule has 2 amide bonds. The van der Waals surface area contributed by atoms with E-state index in [0.29, 0.717) is 26.1 Å². The first-order valence-corrected chi connectivity index (χ1v) is 8.51. The molecule has 130 valence electrons. The van der Waals surface area contributed by atoms with E-state index in [0.717, 1.165) is 23.3 Å². The minimum atomic E-state index is -0.133. The molecule has 0 radical (unpaired) electrons. The molecule has 1 aliphatic rings. The van der Waals surface area contributed by atoms with Gasteiger partial charge >= 0.3 is 0 Å². The highest BCUT2D eigenvalue weighted by Gasteiger charge is 2.22. The number of carbonyl (C=O) groups excluding carboxylic acids is 2. The van der Waals surface area contributed by atoms with Crippen molar-refractivity contribution in [1.82, 2.24) is 10.2 Å². The number of hydrogen-bond acceptors (Lipinski definition) is 3. The van der Waals surface area contributed by atoms with Crippen molar-refractivity contribution >= 4 is 11.8 Å². The van der Waals surface area contributed by atoms with Crippen molar-refractivity contribution in [2.45, 2.75) is 26.0 Å². The molecular formula is C20H22N2O3. The van der Waals surface area contributed by atoms with E-state index >= 15 is 0 Å². The Labute approximate surface area is 147 Å². The lowest BCUT2D eigenvalue weighted by molar-refractivity contribution is -0.133. The minimum Gasteiger partial charge on any atom is -0.489 e. The standard InChI is InChI=1S/C20H22N2O3/c23-19(14-22-11-5-10-20(22)24)21-13-17-8-4-9-18(12-17)25-15-16-6-2-1-3-7-16/h1-4,6-9,12H,5,10-11,13-15H2,(H,21,23). The lowest BCUT2D eigenvalue weighted by atomic mass is 10.2. The number of hydrogen-bond donors (Lipinski definition) is 1. The van der Waals surface area contributed by atoms with Crippen LogP contribution in [0.4, 0.5) is 0 Å². The highest BCUT2D eigenvalue weighted by molar-refractivity contribution is 5.85. The summed E-state index contributed by atoms with van der Waals surface area (Å²) in [6.45, 7) is 1.75. The van der Waals surface area contributed by atoms with Crippen molar-refractivity contribution in [3.05, 3.63) is 65.7 Å². The number of ether oxygens (including phenoxy) is 1. The monoisotopic (exact) mass is 338 g/mol. The number of carbonyl (C=O) groups is 2. The van der Waals surface area contributed by atoms with E-state index in [-0.39, 0.29) is 18.4 Å². The van der Waals surface area contributed by atoms with Gasteiger partial charge in [-0.25, -0.2) is 0 Å². The van der Waals surface area contributed by atoms with Gasteiger partial charge in [0.15, 0.2) is 0 Å². The van der Waals surface area contributed by atoms with Gasteiger partial charge in [0.05, 0.1) is 6.54 Å². The Bertz CT molecular complexity index is 731. The van der Waals surface area contributed by atoms with Gasteiger partial charge in [-0.05, 0) is 29.7 Å². The van der Waals surface area contributed by atoms with Gasteiger partial charge in [0.25, 0.3) is 0 Å². The summed E-state index contributed by atoms with van der Waals surface area (Å²) in [6.07, 6.45) is 1.39. The first-order valence-electron chi connectivity index (χ1n) is 8.51. The summed E-state index contributed by atoms with van der Waals surface area (Å²) in [5.74, 6) is 0.697. The van der Waals surface area contributed by atoms with Gasteiger partial charge in [-0.1, -0.05) is 42.5 Å². The zero-order chi connectivity index (χ0) is 17.5. The van der Waals surface area contributed by atoms with Crippen LogP contribution in [-0.4, -0.2) is 29.8 Å². The zero-order valence-corrected chi connectivity index (χ0v) is 14.1. The first kappa shape index (κ1) is 17.0. The van der Waals surface area contributed by atoms with Gasteiger partial charge in [0.2, 0.25) is 11.8 Å². The molecular weight excluding hydrogens is 316 g/mol. The third kappa shape index (κ3) is 5.08. The Balaban J connectivity index is 1.48. The van der Waals surface area contributed by atoms with Gasteiger partial charge in [-0.2, -0.15) is 0 Å². The molecule has 0 saturated carbocycles. The molecule has 5 heteroatoms. The Morgan fingerprint density at radius 3 is 2.64 bits per heavy atom. The molecule has 3 rings (SSSR count). The Morgan fingerprint density at radius 2 is 1.88 bits per heavy atom. The molecule has 2 aromatic rings. The summed E-state index contributed by atoms with van der Waals surface area (Å²) >= 11 is 0. The van der Waals surface area contributed by atoms with Crippen molar-refractivity contribution in [3.63, 3.8) is 0 Å². The van der Waals surface area contributed by atoms with Crippen LogP contribution in [-0.2, 0) is 22.7 Å². The van der Waals surface area contributed by atoms with Crippen LogP contribution in [0.2, 0.25) is 0 Å². The van der Waals surface area contributed by atoms with Crippen LogP contribution in [0.15, 0.2) is 54.6 Å². The molecule has 0 unspecified atom stereocenters. The highest BCUT2D eigenvalue weighted by Crippen LogP contribution is 2.15. The maximum absolute atomic E-state index is 12.0. The third-order valence-electron chi connectivity index (χ3n) is 4.14. The summed E-state index contributed by atoms with van der Waals surface area (Å²) in [4.78, 5) is 25.1. The lowest BCUT2D eigenvalue weighted by Gasteiger charge is -2.15. The average molecular weight is 338 g/mol.